The fourth-order valence-electron chi connectivity index (χ4n) is 2.06. The number of nitrogens with two attached hydrogens (primary N) is 1. The van der Waals surface area contributed by atoms with Crippen LogP contribution in [0, 0.1) is 0 Å². The van der Waals surface area contributed by atoms with Crippen LogP contribution < -0.4 is 10.5 Å². The Morgan fingerprint density at radius 2 is 1.63 bits per heavy atom. The third-order valence-electron chi connectivity index (χ3n) is 3.14. The van der Waals surface area contributed by atoms with Gasteiger partial charge in [0.1, 0.15) is 5.75 Å². The highest BCUT2D eigenvalue weighted by Gasteiger charge is 2.06. The van der Waals surface area contributed by atoms with Crippen molar-refractivity contribution in [3.05, 3.63) is 71.4 Å². The SMILES string of the molecule is COc1ccc(/C(Cc2ccccc2)=C(\C)N)cc1. The second-order valence-electron chi connectivity index (χ2n) is 4.55. The average molecular weight is 253 g/mol. The molecule has 2 N–H and O–H groups in total. The number of allylic oxidation sites excluding steroid dienone is 2. The van der Waals surface area contributed by atoms with Crippen molar-refractivity contribution in [3.8, 4) is 5.75 Å². The van der Waals surface area contributed by atoms with Crippen molar-refractivity contribution >= 4 is 5.57 Å². The molecule has 0 heterocycles. The molecule has 0 spiro atoms. The standard InChI is InChI=1S/C17H19NO/c1-13(18)17(12-14-6-4-3-5-7-14)15-8-10-16(19-2)11-9-15/h3-11H,12,18H2,1-2H3/b17-13+. The van der Waals surface area contributed by atoms with E-state index in [-0.39, 0.29) is 0 Å². The number of hydrogen-bond donors (Lipinski definition) is 1. The van der Waals surface area contributed by atoms with Gasteiger partial charge in [-0.15, -0.1) is 0 Å². The maximum atomic E-state index is 6.04. The van der Waals surface area contributed by atoms with E-state index < -0.39 is 0 Å². The molecule has 0 bridgehead atoms. The molecule has 0 amide bonds. The largest absolute Gasteiger partial charge is 0.497 e. The molecule has 0 aliphatic carbocycles. The van der Waals surface area contributed by atoms with Crippen molar-refractivity contribution in [1.29, 1.82) is 0 Å². The molecular formula is C17H19NO. The summed E-state index contributed by atoms with van der Waals surface area (Å²) in [5.41, 5.74) is 10.5. The highest BCUT2D eigenvalue weighted by molar-refractivity contribution is 5.70. The Kier molecular flexibility index (Phi) is 4.24. The van der Waals surface area contributed by atoms with Gasteiger partial charge in [0.2, 0.25) is 0 Å². The molecule has 0 saturated heterocycles. The molecule has 0 saturated carbocycles. The van der Waals surface area contributed by atoms with Gasteiger partial charge in [-0.05, 0) is 42.2 Å². The average Bonchev–Trinajstić information content (AvgIpc) is 2.46. The summed E-state index contributed by atoms with van der Waals surface area (Å²) in [7, 11) is 1.67. The lowest BCUT2D eigenvalue weighted by atomic mass is 9.96. The van der Waals surface area contributed by atoms with Crippen molar-refractivity contribution in [2.45, 2.75) is 13.3 Å². The molecule has 2 aromatic rings. The molecule has 0 aliphatic heterocycles. The predicted octanol–water partition coefficient (Wildman–Crippen LogP) is 3.63. The monoisotopic (exact) mass is 253 g/mol. The van der Waals surface area contributed by atoms with E-state index in [2.05, 4.69) is 12.1 Å². The van der Waals surface area contributed by atoms with E-state index >= 15 is 0 Å². The third kappa shape index (κ3) is 3.38. The summed E-state index contributed by atoms with van der Waals surface area (Å²) >= 11 is 0. The third-order valence-corrected chi connectivity index (χ3v) is 3.14. The van der Waals surface area contributed by atoms with Crippen molar-refractivity contribution < 1.29 is 4.74 Å². The van der Waals surface area contributed by atoms with Gasteiger partial charge in [-0.3, -0.25) is 0 Å². The van der Waals surface area contributed by atoms with Crippen LogP contribution in [0.25, 0.3) is 5.57 Å². The second-order valence-corrected chi connectivity index (χ2v) is 4.55. The summed E-state index contributed by atoms with van der Waals surface area (Å²) in [6.07, 6.45) is 0.843. The minimum absolute atomic E-state index is 0.843. The molecule has 2 nitrogen and oxygen atoms in total. The molecule has 98 valence electrons. The fourth-order valence-corrected chi connectivity index (χ4v) is 2.06. The minimum Gasteiger partial charge on any atom is -0.497 e. The minimum atomic E-state index is 0.843. The number of hydrogen-bond acceptors (Lipinski definition) is 2. The van der Waals surface area contributed by atoms with Gasteiger partial charge in [0.05, 0.1) is 7.11 Å². The Bertz CT molecular complexity index is 552. The summed E-state index contributed by atoms with van der Waals surface area (Å²) in [5, 5.41) is 0. The Morgan fingerprint density at radius 1 is 1.00 bits per heavy atom. The number of benzene rings is 2. The van der Waals surface area contributed by atoms with Crippen LogP contribution in [-0.2, 0) is 6.42 Å². The molecule has 0 unspecified atom stereocenters. The van der Waals surface area contributed by atoms with Gasteiger partial charge >= 0.3 is 0 Å². The molecule has 2 rings (SSSR count). The van der Waals surface area contributed by atoms with Gasteiger partial charge in [-0.25, -0.2) is 0 Å². The van der Waals surface area contributed by atoms with Crippen molar-refractivity contribution in [3.63, 3.8) is 0 Å². The van der Waals surface area contributed by atoms with Crippen LogP contribution in [-0.4, -0.2) is 7.11 Å². The topological polar surface area (TPSA) is 35.2 Å². The Hall–Kier alpha value is -2.22. The first-order chi connectivity index (χ1) is 9.20. The van der Waals surface area contributed by atoms with Gasteiger partial charge in [-0.2, -0.15) is 0 Å². The zero-order chi connectivity index (χ0) is 13.7. The van der Waals surface area contributed by atoms with Crippen molar-refractivity contribution in [2.75, 3.05) is 7.11 Å². The van der Waals surface area contributed by atoms with Gasteiger partial charge in [0.15, 0.2) is 0 Å². The van der Waals surface area contributed by atoms with Crippen LogP contribution in [0.2, 0.25) is 0 Å². The Morgan fingerprint density at radius 3 is 2.16 bits per heavy atom. The smallest absolute Gasteiger partial charge is 0.118 e. The van der Waals surface area contributed by atoms with E-state index in [1.54, 1.807) is 7.11 Å². The first-order valence-electron chi connectivity index (χ1n) is 6.34. The van der Waals surface area contributed by atoms with E-state index in [9.17, 15) is 0 Å². The van der Waals surface area contributed by atoms with Crippen LogP contribution >= 0.6 is 0 Å². The Labute approximate surface area is 114 Å². The molecule has 2 heteroatoms. The summed E-state index contributed by atoms with van der Waals surface area (Å²) in [4.78, 5) is 0. The summed E-state index contributed by atoms with van der Waals surface area (Å²) in [6, 6.07) is 18.4. The lowest BCUT2D eigenvalue weighted by molar-refractivity contribution is 0.415. The highest BCUT2D eigenvalue weighted by atomic mass is 16.5. The highest BCUT2D eigenvalue weighted by Crippen LogP contribution is 2.23. The van der Waals surface area contributed by atoms with E-state index in [1.807, 2.05) is 49.4 Å². The van der Waals surface area contributed by atoms with Crippen molar-refractivity contribution in [2.24, 2.45) is 5.73 Å². The number of rotatable bonds is 4. The maximum Gasteiger partial charge on any atom is 0.118 e. The lowest BCUT2D eigenvalue weighted by Gasteiger charge is -2.11. The molecule has 19 heavy (non-hydrogen) atoms. The van der Waals surface area contributed by atoms with Gasteiger partial charge < -0.3 is 10.5 Å². The van der Waals surface area contributed by atoms with Gasteiger partial charge in [0.25, 0.3) is 0 Å². The quantitative estimate of drug-likeness (QED) is 0.903. The molecule has 0 radical (unpaired) electrons. The zero-order valence-electron chi connectivity index (χ0n) is 11.4. The molecule has 0 atom stereocenters. The molecule has 0 aliphatic rings. The van der Waals surface area contributed by atoms with Gasteiger partial charge in [0, 0.05) is 5.70 Å². The van der Waals surface area contributed by atoms with Crippen molar-refractivity contribution in [1.82, 2.24) is 0 Å². The van der Waals surface area contributed by atoms with E-state index in [4.69, 9.17) is 10.5 Å². The molecule has 0 fully saturated rings. The summed E-state index contributed by atoms with van der Waals surface area (Å²) in [5.74, 6) is 0.859. The predicted molar refractivity (Wildman–Crippen MR) is 79.9 cm³/mol. The molecule has 0 aromatic heterocycles. The maximum absolute atomic E-state index is 6.04. The normalized spacial score (nSPS) is 11.9. The van der Waals surface area contributed by atoms with Crippen LogP contribution in [0.3, 0.4) is 0 Å². The summed E-state index contributed by atoms with van der Waals surface area (Å²) < 4.78 is 5.18. The zero-order valence-corrected chi connectivity index (χ0v) is 11.4. The number of ether oxygens (including phenoxy) is 1. The molecule has 2 aromatic carbocycles. The second kappa shape index (κ2) is 6.10. The first-order valence-corrected chi connectivity index (χ1v) is 6.34. The lowest BCUT2D eigenvalue weighted by Crippen LogP contribution is -2.01. The number of methoxy groups -OCH3 is 1. The van der Waals surface area contributed by atoms with E-state index in [0.29, 0.717) is 0 Å². The van der Waals surface area contributed by atoms with Crippen LogP contribution in [0.4, 0.5) is 0 Å². The molecular weight excluding hydrogens is 234 g/mol. The van der Waals surface area contributed by atoms with E-state index in [1.165, 1.54) is 5.56 Å². The van der Waals surface area contributed by atoms with Gasteiger partial charge in [-0.1, -0.05) is 42.5 Å². The van der Waals surface area contributed by atoms with E-state index in [0.717, 1.165) is 29.0 Å². The van der Waals surface area contributed by atoms with Crippen LogP contribution in [0.1, 0.15) is 18.1 Å². The fraction of sp³-hybridized carbons (Fsp3) is 0.176. The van der Waals surface area contributed by atoms with Crippen LogP contribution in [0.5, 0.6) is 5.75 Å². The first kappa shape index (κ1) is 13.2. The summed E-state index contributed by atoms with van der Waals surface area (Å²) in [6.45, 7) is 1.95. The van der Waals surface area contributed by atoms with Crippen LogP contribution in [0.15, 0.2) is 60.3 Å². The Balaban J connectivity index is 2.28.